The Bertz CT molecular complexity index is 820. The Kier molecular flexibility index (Phi) is 3.29. The van der Waals surface area contributed by atoms with Gasteiger partial charge in [0.15, 0.2) is 0 Å². The fraction of sp³-hybridized carbons (Fsp3) is 0.0556. The molecule has 0 bridgehead atoms. The van der Waals surface area contributed by atoms with Crippen molar-refractivity contribution in [2.75, 3.05) is 0 Å². The average molecular weight is 435 g/mol. The molecule has 0 amide bonds. The molecular weight excluding hydrogens is 422 g/mol. The second kappa shape index (κ2) is 4.97. The van der Waals surface area contributed by atoms with E-state index >= 15 is 0 Å². The van der Waals surface area contributed by atoms with Crippen molar-refractivity contribution in [2.45, 2.75) is 6.92 Å². The summed E-state index contributed by atoms with van der Waals surface area (Å²) in [5.74, 6) is 0. The van der Waals surface area contributed by atoms with Gasteiger partial charge in [0.05, 0.1) is 5.52 Å². The summed E-state index contributed by atoms with van der Waals surface area (Å²) in [6.45, 7) is 2.15. The van der Waals surface area contributed by atoms with E-state index in [9.17, 15) is 0 Å². The zero-order chi connectivity index (χ0) is 12.8. The summed E-state index contributed by atoms with van der Waals surface area (Å²) in [7, 11) is 0. The van der Waals surface area contributed by atoms with Gasteiger partial charge in [0.25, 0.3) is 0 Å². The molecule has 1 aromatic heterocycles. The molecule has 2 aromatic carbocycles. The van der Waals surface area contributed by atoms with E-state index in [1.54, 1.807) is 0 Å². The van der Waals surface area contributed by atoms with E-state index in [0.717, 1.165) is 16.8 Å². The quantitative estimate of drug-likeness (QED) is 0.402. The van der Waals surface area contributed by atoms with Crippen LogP contribution in [0.2, 0.25) is 0 Å². The van der Waals surface area contributed by atoms with E-state index in [1.807, 2.05) is 18.2 Å². The second-order valence-electron chi connectivity index (χ2n) is 4.90. The molecule has 1 aliphatic rings. The first-order chi connectivity index (χ1) is 9.33. The molecule has 20 heavy (non-hydrogen) atoms. The average Bonchev–Trinajstić information content (AvgIpc) is 2.89. The van der Waals surface area contributed by atoms with Gasteiger partial charge < -0.3 is 0 Å². The minimum absolute atomic E-state index is 0. The molecule has 1 nitrogen and oxygen atoms in total. The maximum absolute atomic E-state index is 4.78. The van der Waals surface area contributed by atoms with E-state index in [1.165, 1.54) is 22.1 Å². The van der Waals surface area contributed by atoms with Crippen LogP contribution in [0.5, 0.6) is 0 Å². The minimum Gasteiger partial charge on any atom is -0.296 e. The fourth-order valence-electron chi connectivity index (χ4n) is 2.70. The van der Waals surface area contributed by atoms with E-state index in [2.05, 4.69) is 49.4 Å². The Morgan fingerprint density at radius 2 is 1.95 bits per heavy atom. The van der Waals surface area contributed by atoms with Gasteiger partial charge in [-0.05, 0) is 35.4 Å². The molecule has 0 atom stereocenters. The standard InChI is InChI=1S/C18H12N.Ir/c1-12-7-10-16-18-14(8-9-15(12)18)11-17(19-16)13-5-3-2-4-6-13;/h2-5,7-11H,1H3;/q-1;. The van der Waals surface area contributed by atoms with Gasteiger partial charge in [0.1, 0.15) is 0 Å². The molecule has 0 spiro atoms. The Morgan fingerprint density at radius 3 is 2.75 bits per heavy atom. The number of hydrogen-bond donors (Lipinski definition) is 0. The molecule has 0 saturated heterocycles. The van der Waals surface area contributed by atoms with Crippen molar-refractivity contribution in [3.8, 4) is 11.3 Å². The Labute approximate surface area is 131 Å². The molecule has 3 aromatic rings. The van der Waals surface area contributed by atoms with Crippen LogP contribution in [0.4, 0.5) is 0 Å². The predicted octanol–water partition coefficient (Wildman–Crippen LogP) is 4.49. The molecule has 1 radical (unpaired) electrons. The van der Waals surface area contributed by atoms with Crippen LogP contribution in [0.25, 0.3) is 34.3 Å². The number of aromatic nitrogens is 1. The van der Waals surface area contributed by atoms with E-state index in [0.29, 0.717) is 0 Å². The molecule has 99 valence electrons. The van der Waals surface area contributed by atoms with Crippen LogP contribution in [0.3, 0.4) is 0 Å². The second-order valence-corrected chi connectivity index (χ2v) is 4.90. The molecular formula is C18H12IrN-. The number of aryl methyl sites for hydroxylation is 1. The molecule has 1 aliphatic carbocycles. The first-order valence-electron chi connectivity index (χ1n) is 6.42. The zero-order valence-corrected chi connectivity index (χ0v) is 13.4. The molecule has 1 heterocycles. The van der Waals surface area contributed by atoms with Crippen molar-refractivity contribution in [3.05, 3.63) is 65.2 Å². The third kappa shape index (κ3) is 1.93. The van der Waals surface area contributed by atoms with E-state index in [-0.39, 0.29) is 20.1 Å². The first kappa shape index (κ1) is 13.2. The predicted molar refractivity (Wildman–Crippen MR) is 79.7 cm³/mol. The maximum atomic E-state index is 4.78. The summed E-state index contributed by atoms with van der Waals surface area (Å²) in [4.78, 5) is 4.78. The van der Waals surface area contributed by atoms with E-state index in [4.69, 9.17) is 4.98 Å². The zero-order valence-electron chi connectivity index (χ0n) is 11.0. The van der Waals surface area contributed by atoms with Crippen LogP contribution >= 0.6 is 0 Å². The SMILES string of the molecule is Cc1ccc2nc(-c3[c-]cccc3)cc3c2c1C=C3.[Ir]. The summed E-state index contributed by atoms with van der Waals surface area (Å²) in [5.41, 5.74) is 6.98. The Hall–Kier alpha value is -1.76. The van der Waals surface area contributed by atoms with Gasteiger partial charge in [-0.3, -0.25) is 4.98 Å². The molecule has 0 N–H and O–H groups in total. The van der Waals surface area contributed by atoms with Gasteiger partial charge in [-0.1, -0.05) is 24.3 Å². The van der Waals surface area contributed by atoms with Crippen LogP contribution < -0.4 is 0 Å². The van der Waals surface area contributed by atoms with Crippen molar-refractivity contribution in [1.29, 1.82) is 0 Å². The summed E-state index contributed by atoms with van der Waals surface area (Å²) >= 11 is 0. The molecule has 4 rings (SSSR count). The smallest absolute Gasteiger partial charge is 0.0607 e. The molecule has 0 aliphatic heterocycles. The normalized spacial score (nSPS) is 11.7. The molecule has 0 saturated carbocycles. The number of hydrogen-bond acceptors (Lipinski definition) is 1. The fourth-order valence-corrected chi connectivity index (χ4v) is 2.70. The molecule has 0 fully saturated rings. The van der Waals surface area contributed by atoms with E-state index < -0.39 is 0 Å². The topological polar surface area (TPSA) is 12.9 Å². The van der Waals surface area contributed by atoms with Crippen LogP contribution in [0.15, 0.2) is 42.5 Å². The van der Waals surface area contributed by atoms with Crippen LogP contribution in [-0.4, -0.2) is 4.98 Å². The van der Waals surface area contributed by atoms with Crippen molar-refractivity contribution in [2.24, 2.45) is 0 Å². The maximum Gasteiger partial charge on any atom is 0.0607 e. The van der Waals surface area contributed by atoms with Crippen LogP contribution in [0, 0.1) is 13.0 Å². The van der Waals surface area contributed by atoms with Gasteiger partial charge in [-0.2, -0.15) is 0 Å². The largest absolute Gasteiger partial charge is 0.296 e. The van der Waals surface area contributed by atoms with Gasteiger partial charge in [0.2, 0.25) is 0 Å². The van der Waals surface area contributed by atoms with Crippen molar-refractivity contribution < 1.29 is 20.1 Å². The third-order valence-corrected chi connectivity index (χ3v) is 3.68. The van der Waals surface area contributed by atoms with Crippen molar-refractivity contribution in [1.82, 2.24) is 4.98 Å². The van der Waals surface area contributed by atoms with Crippen molar-refractivity contribution >= 4 is 23.1 Å². The van der Waals surface area contributed by atoms with Crippen LogP contribution in [0.1, 0.15) is 16.7 Å². The Morgan fingerprint density at radius 1 is 1.05 bits per heavy atom. The van der Waals surface area contributed by atoms with Gasteiger partial charge in [0, 0.05) is 25.5 Å². The number of rotatable bonds is 1. The van der Waals surface area contributed by atoms with Gasteiger partial charge in [-0.25, -0.2) is 0 Å². The molecule has 0 unspecified atom stereocenters. The van der Waals surface area contributed by atoms with Gasteiger partial charge in [-0.15, -0.1) is 35.9 Å². The molecule has 2 heteroatoms. The summed E-state index contributed by atoms with van der Waals surface area (Å²) in [6, 6.07) is 17.6. The number of pyridine rings is 1. The Balaban J connectivity index is 0.00000121. The summed E-state index contributed by atoms with van der Waals surface area (Å²) in [6.07, 6.45) is 4.37. The monoisotopic (exact) mass is 435 g/mol. The third-order valence-electron chi connectivity index (χ3n) is 3.68. The van der Waals surface area contributed by atoms with Crippen LogP contribution in [-0.2, 0) is 20.1 Å². The first-order valence-corrected chi connectivity index (χ1v) is 6.42. The summed E-state index contributed by atoms with van der Waals surface area (Å²) < 4.78 is 0. The van der Waals surface area contributed by atoms with Gasteiger partial charge >= 0.3 is 0 Å². The minimum atomic E-state index is 0. The number of benzene rings is 2. The number of nitrogens with zero attached hydrogens (tertiary/aromatic N) is 1. The summed E-state index contributed by atoms with van der Waals surface area (Å²) in [5, 5.41) is 1.28. The van der Waals surface area contributed by atoms with Crippen molar-refractivity contribution in [3.63, 3.8) is 0 Å².